The summed E-state index contributed by atoms with van der Waals surface area (Å²) in [5.74, 6) is 0.939. The van der Waals surface area contributed by atoms with E-state index < -0.39 is 0 Å². The predicted octanol–water partition coefficient (Wildman–Crippen LogP) is 19.8. The molecule has 2 aliphatic heterocycles. The molecule has 2 saturated heterocycles. The number of ether oxygens (including phenoxy) is 1. The van der Waals surface area contributed by atoms with Gasteiger partial charge in [-0.3, -0.25) is 54.9 Å². The minimum Gasteiger partial charge on any atom is -0.384 e. The molecule has 0 atom stereocenters. The smallest absolute Gasteiger partial charge is 0.255 e. The van der Waals surface area contributed by atoms with Gasteiger partial charge in [0.2, 0.25) is 0 Å². The molecule has 10 N–H and O–H groups in total. The standard InChI is InChI=1S/C25H19ClN4O.C23H21ClN4O2.C23H21ClN4O.C22H21ClN4O/c26-22-14-13-20(16-21(22)23-8-4-5-15-28-23)30-25(31)18-11-9-17(10-12-18)24(27)29-19-6-2-1-3-7-19;24-20-9-8-18(15-19(20)21-3-1-2-10-26-21)27-23(29)17-6-4-16(5-7-17)22(25)28-11-13-30-14-12-28;24-20-11-10-18(15-19(20)21-5-1-2-12-26-21)27-23(29)17-8-6-16(7-9-17)22(25)28-13-3-4-14-28;1-2-12-26-21(24)15-6-8-16(9-7-15)22(28)27-17-10-11-19(23)18(14-17)20-5-3-4-13-25-20/h1-16H,(H2,27,29)(H,30,31);1-10,15,25H,11-14H2,(H,27,29);1-2,5-12,15,25H,3-4,13-14H2,(H,27,29);3-11,13-14H,2,12H2,1H3,(H2,24,26)(H,27,28). The quantitative estimate of drug-likeness (QED) is 0.0276. The number of benzene rings is 9. The zero-order valence-corrected chi connectivity index (χ0v) is 67.2. The Hall–Kier alpha value is -13.5. The summed E-state index contributed by atoms with van der Waals surface area (Å²) in [6.07, 6.45) is 10.0. The van der Waals surface area contributed by atoms with Crippen molar-refractivity contribution >= 4 is 122 Å². The third kappa shape index (κ3) is 23.1. The maximum absolute atomic E-state index is 12.7. The number of anilines is 4. The van der Waals surface area contributed by atoms with Crippen molar-refractivity contribution in [1.29, 1.82) is 10.8 Å². The largest absolute Gasteiger partial charge is 0.384 e. The van der Waals surface area contributed by atoms with Crippen molar-refractivity contribution in [3.8, 4) is 45.0 Å². The van der Waals surface area contributed by atoms with Gasteiger partial charge in [-0.05, 0) is 201 Å². The summed E-state index contributed by atoms with van der Waals surface area (Å²) < 4.78 is 5.33. The average molecular weight is 1650 g/mol. The van der Waals surface area contributed by atoms with Crippen molar-refractivity contribution in [1.82, 2.24) is 29.7 Å². The Bertz CT molecular complexity index is 5690. The molecule has 0 spiro atoms. The van der Waals surface area contributed by atoms with Crippen molar-refractivity contribution < 1.29 is 23.9 Å². The lowest BCUT2D eigenvalue weighted by Gasteiger charge is -2.29. The maximum Gasteiger partial charge on any atom is 0.255 e. The van der Waals surface area contributed by atoms with Gasteiger partial charge in [0, 0.05) is 147 Å². The van der Waals surface area contributed by atoms with E-state index in [4.69, 9.17) is 73.4 Å². The molecule has 0 saturated carbocycles. The van der Waals surface area contributed by atoms with E-state index in [1.54, 1.807) is 164 Å². The average Bonchev–Trinajstić information content (AvgIpc) is 0.864. The Labute approximate surface area is 703 Å². The second-order valence-electron chi connectivity index (χ2n) is 26.9. The molecule has 0 bridgehead atoms. The topological polar surface area (TPSA) is 308 Å². The Kier molecular flexibility index (Phi) is 29.6. The van der Waals surface area contributed by atoms with Crippen molar-refractivity contribution in [2.75, 3.05) is 67.2 Å². The van der Waals surface area contributed by atoms with Gasteiger partial charge < -0.3 is 47.3 Å². The molecule has 15 rings (SSSR count). The van der Waals surface area contributed by atoms with Crippen LogP contribution < -0.4 is 32.7 Å². The fourth-order valence-electron chi connectivity index (χ4n) is 12.4. The van der Waals surface area contributed by atoms with Crippen LogP contribution in [-0.4, -0.2) is 123 Å². The number of nitrogens with two attached hydrogens (primary N) is 2. The van der Waals surface area contributed by atoms with Crippen LogP contribution >= 0.6 is 46.4 Å². The summed E-state index contributed by atoms with van der Waals surface area (Å²) >= 11 is 25.2. The molecule has 4 amide bonds. The number of carbonyl (C=O) groups excluding carboxylic acids is 4. The van der Waals surface area contributed by atoms with E-state index in [-0.39, 0.29) is 23.6 Å². The fourth-order valence-corrected chi connectivity index (χ4v) is 13.2. The van der Waals surface area contributed by atoms with E-state index in [1.165, 1.54) is 0 Å². The number of halogens is 4. The van der Waals surface area contributed by atoms with Crippen LogP contribution in [0.25, 0.3) is 45.0 Å². The number of para-hydroxylation sites is 1. The number of likely N-dealkylation sites (tertiary alicyclic amines) is 1. The fraction of sp³-hybridized carbons (Fsp3) is 0.118. The lowest BCUT2D eigenvalue weighted by atomic mass is 10.1. The molecule has 13 aromatic rings. The first-order valence-electron chi connectivity index (χ1n) is 37.9. The molecule has 0 radical (unpaired) electrons. The van der Waals surface area contributed by atoms with Crippen LogP contribution in [0.4, 0.5) is 28.4 Å². The van der Waals surface area contributed by atoms with Crippen molar-refractivity contribution in [3.05, 3.63) is 362 Å². The Morgan fingerprint density at radius 1 is 0.373 bits per heavy atom. The van der Waals surface area contributed by atoms with Crippen LogP contribution in [0.2, 0.25) is 20.1 Å². The van der Waals surface area contributed by atoms with E-state index in [0.717, 1.165) is 105 Å². The van der Waals surface area contributed by atoms with Gasteiger partial charge in [-0.2, -0.15) is 0 Å². The first-order valence-corrected chi connectivity index (χ1v) is 39.4. The van der Waals surface area contributed by atoms with E-state index in [0.29, 0.717) is 121 Å². The van der Waals surface area contributed by atoms with Gasteiger partial charge >= 0.3 is 0 Å². The Morgan fingerprint density at radius 3 is 0.966 bits per heavy atom. The summed E-state index contributed by atoms with van der Waals surface area (Å²) in [5.41, 5.74) is 26.6. The summed E-state index contributed by atoms with van der Waals surface area (Å²) in [5, 5.41) is 30.6. The minimum absolute atomic E-state index is 0.210. The second kappa shape index (κ2) is 41.7. The molecular weight excluding hydrogens is 1560 g/mol. The third-order valence-electron chi connectivity index (χ3n) is 18.6. The molecule has 4 aromatic heterocycles. The molecule has 0 unspecified atom stereocenters. The number of nitrogens with zero attached hydrogens (tertiary/aromatic N) is 8. The van der Waals surface area contributed by atoms with Gasteiger partial charge in [0.05, 0.1) is 61.8 Å². The molecule has 592 valence electrons. The summed E-state index contributed by atoms with van der Waals surface area (Å²) in [4.78, 5) is 80.6. The molecule has 2 aliphatic rings. The SMILES string of the molecule is CCCN=C(N)c1ccc(C(=O)Nc2ccc(Cl)c(-c3ccccn3)c2)cc1.N=C(c1ccc(C(=O)Nc2ccc(Cl)c(-c3ccccn3)c2)cc1)N1CCCC1.N=C(c1ccc(C(=O)Nc2ccc(Cl)c(-c3ccccn3)c2)cc1)N1CCOCC1.NC(=Nc1ccccc1)c1ccc(C(=O)Nc2ccc(Cl)c(-c3ccccn3)c2)cc1. The number of hydrogen-bond acceptors (Lipinski definition) is 13. The predicted molar refractivity (Wildman–Crippen MR) is 476 cm³/mol. The first kappa shape index (κ1) is 83.9. The number of pyridine rings is 4. The number of aliphatic imine (C=N–C) groups is 2. The van der Waals surface area contributed by atoms with Crippen LogP contribution in [0.5, 0.6) is 0 Å². The Balaban J connectivity index is 0.000000145. The highest BCUT2D eigenvalue weighted by molar-refractivity contribution is 6.35. The van der Waals surface area contributed by atoms with Crippen molar-refractivity contribution in [2.45, 2.75) is 26.2 Å². The molecule has 21 nitrogen and oxygen atoms in total. The summed E-state index contributed by atoms with van der Waals surface area (Å²) in [6.45, 7) is 7.25. The highest BCUT2D eigenvalue weighted by Crippen LogP contribution is 2.34. The lowest BCUT2D eigenvalue weighted by molar-refractivity contribution is 0.0680. The molecule has 6 heterocycles. The molecule has 118 heavy (non-hydrogen) atoms. The molecule has 25 heteroatoms. The van der Waals surface area contributed by atoms with Crippen LogP contribution in [0, 0.1) is 10.8 Å². The van der Waals surface area contributed by atoms with Crippen molar-refractivity contribution in [2.24, 2.45) is 21.5 Å². The van der Waals surface area contributed by atoms with Gasteiger partial charge in [-0.1, -0.05) is 144 Å². The molecular formula is C93H82Cl4N16O5. The Morgan fingerprint density at radius 2 is 0.661 bits per heavy atom. The van der Waals surface area contributed by atoms with Crippen LogP contribution in [-0.2, 0) is 4.74 Å². The summed E-state index contributed by atoms with van der Waals surface area (Å²) in [7, 11) is 0. The number of amides is 4. The monoisotopic (exact) mass is 1640 g/mol. The molecule has 2 fully saturated rings. The van der Waals surface area contributed by atoms with E-state index >= 15 is 0 Å². The van der Waals surface area contributed by atoms with Crippen molar-refractivity contribution in [3.63, 3.8) is 0 Å². The van der Waals surface area contributed by atoms with Gasteiger partial charge in [0.1, 0.15) is 23.3 Å². The first-order chi connectivity index (χ1) is 57.4. The molecule has 9 aromatic carbocycles. The zero-order valence-electron chi connectivity index (χ0n) is 64.1. The number of rotatable bonds is 19. The van der Waals surface area contributed by atoms with E-state index in [2.05, 4.69) is 56.1 Å². The zero-order chi connectivity index (χ0) is 82.7. The highest BCUT2D eigenvalue weighted by atomic mass is 35.5. The van der Waals surface area contributed by atoms with E-state index in [9.17, 15) is 19.2 Å². The number of nitrogens with one attached hydrogen (secondary N) is 6. The number of hydrogen-bond donors (Lipinski definition) is 8. The van der Waals surface area contributed by atoms with Crippen LogP contribution in [0.15, 0.2) is 308 Å². The highest BCUT2D eigenvalue weighted by Gasteiger charge is 2.21. The minimum atomic E-state index is -0.237. The number of morpholine rings is 1. The number of carbonyl (C=O) groups is 4. The summed E-state index contributed by atoms with van der Waals surface area (Å²) in [6, 6.07) is 81.4. The van der Waals surface area contributed by atoms with Gasteiger partial charge in [-0.25, -0.2) is 4.99 Å². The second-order valence-corrected chi connectivity index (χ2v) is 28.5. The normalized spacial score (nSPS) is 12.4. The van der Waals surface area contributed by atoms with Gasteiger partial charge in [0.15, 0.2) is 0 Å². The van der Waals surface area contributed by atoms with Crippen LogP contribution in [0.1, 0.15) is 89.9 Å². The number of amidine groups is 4. The van der Waals surface area contributed by atoms with Gasteiger partial charge in [-0.15, -0.1) is 0 Å². The lowest BCUT2D eigenvalue weighted by Crippen LogP contribution is -2.40. The van der Waals surface area contributed by atoms with Crippen LogP contribution in [0.3, 0.4) is 0 Å². The van der Waals surface area contributed by atoms with Gasteiger partial charge in [0.25, 0.3) is 23.6 Å². The van der Waals surface area contributed by atoms with E-state index in [1.807, 2.05) is 145 Å². The maximum atomic E-state index is 12.7. The third-order valence-corrected chi connectivity index (χ3v) is 20.0. The molecule has 0 aliphatic carbocycles. The number of aromatic nitrogens is 4.